The van der Waals surface area contributed by atoms with Crippen molar-refractivity contribution >= 4 is 0 Å². The van der Waals surface area contributed by atoms with E-state index in [4.69, 9.17) is 0 Å². The van der Waals surface area contributed by atoms with Crippen LogP contribution in [0.5, 0.6) is 0 Å². The topological polar surface area (TPSA) is 23.5 Å². The van der Waals surface area contributed by atoms with Gasteiger partial charge in [0.25, 0.3) is 0 Å². The van der Waals surface area contributed by atoms with E-state index in [2.05, 4.69) is 18.9 Å². The average molecular weight is 271 g/mol. The lowest BCUT2D eigenvalue weighted by molar-refractivity contribution is 0.164. The molecule has 0 spiro atoms. The van der Waals surface area contributed by atoms with Crippen LogP contribution in [0.25, 0.3) is 0 Å². The van der Waals surface area contributed by atoms with E-state index in [9.17, 15) is 5.11 Å². The Labute approximate surface area is 121 Å². The van der Waals surface area contributed by atoms with Gasteiger partial charge in [0, 0.05) is 6.54 Å². The summed E-state index contributed by atoms with van der Waals surface area (Å²) in [7, 11) is 2.16. The molecule has 116 valence electrons. The maximum absolute atomic E-state index is 9.22. The number of hydrogen-bond acceptors (Lipinski definition) is 2. The van der Waals surface area contributed by atoms with E-state index in [0.717, 1.165) is 13.0 Å². The van der Waals surface area contributed by atoms with Gasteiger partial charge in [-0.3, -0.25) is 0 Å². The SMILES string of the molecule is CCCCCCCCCCCCN(C)CCC(C)O. The Kier molecular flexibility index (Phi) is 14.3. The maximum atomic E-state index is 9.22. The standard InChI is InChI=1S/C17H37NO/c1-4-5-6-7-8-9-10-11-12-13-15-18(3)16-14-17(2)19/h17,19H,4-16H2,1-3H3. The summed E-state index contributed by atoms with van der Waals surface area (Å²) in [6.07, 6.45) is 14.8. The van der Waals surface area contributed by atoms with Crippen LogP contribution in [0.15, 0.2) is 0 Å². The molecule has 1 unspecified atom stereocenters. The minimum Gasteiger partial charge on any atom is -0.393 e. The second-order valence-corrected chi connectivity index (χ2v) is 6.12. The summed E-state index contributed by atoms with van der Waals surface area (Å²) in [5, 5.41) is 9.22. The van der Waals surface area contributed by atoms with E-state index in [0.29, 0.717) is 0 Å². The Balaban J connectivity index is 3.09. The molecule has 0 aromatic heterocycles. The second-order valence-electron chi connectivity index (χ2n) is 6.12. The van der Waals surface area contributed by atoms with Crippen molar-refractivity contribution in [1.29, 1.82) is 0 Å². The maximum Gasteiger partial charge on any atom is 0.0524 e. The minimum atomic E-state index is -0.157. The Morgan fingerprint density at radius 3 is 1.74 bits per heavy atom. The fourth-order valence-electron chi connectivity index (χ4n) is 2.39. The summed E-state index contributed by atoms with van der Waals surface area (Å²) in [4.78, 5) is 2.34. The van der Waals surface area contributed by atoms with Gasteiger partial charge in [-0.25, -0.2) is 0 Å². The van der Waals surface area contributed by atoms with Gasteiger partial charge >= 0.3 is 0 Å². The normalized spacial score (nSPS) is 13.1. The third-order valence-corrected chi connectivity index (χ3v) is 3.82. The molecule has 0 rings (SSSR count). The number of unbranched alkanes of at least 4 members (excludes halogenated alkanes) is 9. The zero-order chi connectivity index (χ0) is 14.3. The molecule has 0 radical (unpaired) electrons. The monoisotopic (exact) mass is 271 g/mol. The van der Waals surface area contributed by atoms with Gasteiger partial charge in [0.1, 0.15) is 0 Å². The second kappa shape index (κ2) is 14.3. The van der Waals surface area contributed by atoms with E-state index < -0.39 is 0 Å². The lowest BCUT2D eigenvalue weighted by Crippen LogP contribution is -2.23. The first-order valence-corrected chi connectivity index (χ1v) is 8.53. The third kappa shape index (κ3) is 15.9. The van der Waals surface area contributed by atoms with E-state index >= 15 is 0 Å². The highest BCUT2D eigenvalue weighted by Crippen LogP contribution is 2.10. The van der Waals surface area contributed by atoms with Gasteiger partial charge in [0.2, 0.25) is 0 Å². The molecule has 0 aliphatic carbocycles. The van der Waals surface area contributed by atoms with Gasteiger partial charge in [-0.05, 0) is 33.4 Å². The van der Waals surface area contributed by atoms with Crippen LogP contribution in [0.1, 0.15) is 84.5 Å². The summed E-state index contributed by atoms with van der Waals surface area (Å²) in [5.41, 5.74) is 0. The van der Waals surface area contributed by atoms with Gasteiger partial charge in [-0.2, -0.15) is 0 Å². The summed E-state index contributed by atoms with van der Waals surface area (Å²) in [6.45, 7) is 6.35. The molecule has 0 aliphatic heterocycles. The van der Waals surface area contributed by atoms with Crippen LogP contribution in [0.3, 0.4) is 0 Å². The first-order valence-electron chi connectivity index (χ1n) is 8.53. The Morgan fingerprint density at radius 1 is 0.789 bits per heavy atom. The molecule has 0 bridgehead atoms. The summed E-state index contributed by atoms with van der Waals surface area (Å²) in [5.74, 6) is 0. The molecule has 1 N–H and O–H groups in total. The number of nitrogens with zero attached hydrogens (tertiary/aromatic N) is 1. The highest BCUT2D eigenvalue weighted by Gasteiger charge is 2.01. The zero-order valence-corrected chi connectivity index (χ0v) is 13.7. The van der Waals surface area contributed by atoms with Crippen molar-refractivity contribution < 1.29 is 5.11 Å². The van der Waals surface area contributed by atoms with E-state index in [-0.39, 0.29) is 6.10 Å². The molecule has 0 saturated carbocycles. The van der Waals surface area contributed by atoms with E-state index in [1.807, 2.05) is 6.92 Å². The summed E-state index contributed by atoms with van der Waals surface area (Å²) in [6, 6.07) is 0. The molecule has 0 aromatic carbocycles. The van der Waals surface area contributed by atoms with Crippen molar-refractivity contribution in [3.05, 3.63) is 0 Å². The first kappa shape index (κ1) is 18.9. The van der Waals surface area contributed by atoms with Crippen molar-refractivity contribution in [2.45, 2.75) is 90.6 Å². The van der Waals surface area contributed by atoms with Crippen LogP contribution in [-0.2, 0) is 0 Å². The van der Waals surface area contributed by atoms with Gasteiger partial charge in [-0.15, -0.1) is 0 Å². The van der Waals surface area contributed by atoms with Crippen LogP contribution in [-0.4, -0.2) is 36.2 Å². The van der Waals surface area contributed by atoms with E-state index in [1.54, 1.807) is 0 Å². The van der Waals surface area contributed by atoms with Crippen LogP contribution >= 0.6 is 0 Å². The molecule has 1 atom stereocenters. The first-order chi connectivity index (χ1) is 9.16. The highest BCUT2D eigenvalue weighted by molar-refractivity contribution is 4.56. The molecular weight excluding hydrogens is 234 g/mol. The molecule has 0 aliphatic rings. The fraction of sp³-hybridized carbons (Fsp3) is 1.00. The molecule has 0 heterocycles. The van der Waals surface area contributed by atoms with Gasteiger partial charge in [-0.1, -0.05) is 64.7 Å². The predicted octanol–water partition coefficient (Wildman–Crippen LogP) is 4.61. The number of aliphatic hydroxyl groups is 1. The zero-order valence-electron chi connectivity index (χ0n) is 13.7. The lowest BCUT2D eigenvalue weighted by atomic mass is 10.1. The van der Waals surface area contributed by atoms with Crippen molar-refractivity contribution in [2.24, 2.45) is 0 Å². The van der Waals surface area contributed by atoms with Gasteiger partial charge in [0.15, 0.2) is 0 Å². The molecule has 0 fully saturated rings. The summed E-state index contributed by atoms with van der Waals surface area (Å²) < 4.78 is 0. The van der Waals surface area contributed by atoms with Crippen LogP contribution < -0.4 is 0 Å². The Bertz CT molecular complexity index is 171. The Hall–Kier alpha value is -0.0800. The van der Waals surface area contributed by atoms with Crippen molar-refractivity contribution in [3.63, 3.8) is 0 Å². The smallest absolute Gasteiger partial charge is 0.0524 e. The van der Waals surface area contributed by atoms with Gasteiger partial charge in [0.05, 0.1) is 6.10 Å². The molecule has 2 heteroatoms. The minimum absolute atomic E-state index is 0.157. The predicted molar refractivity (Wildman–Crippen MR) is 85.6 cm³/mol. The highest BCUT2D eigenvalue weighted by atomic mass is 16.3. The molecular formula is C17H37NO. The van der Waals surface area contributed by atoms with Crippen LogP contribution in [0.2, 0.25) is 0 Å². The lowest BCUT2D eigenvalue weighted by Gasteiger charge is -2.17. The average Bonchev–Trinajstić information content (AvgIpc) is 2.38. The number of aliphatic hydroxyl groups excluding tert-OH is 1. The fourth-order valence-corrected chi connectivity index (χ4v) is 2.39. The van der Waals surface area contributed by atoms with Crippen LogP contribution in [0, 0.1) is 0 Å². The van der Waals surface area contributed by atoms with Gasteiger partial charge < -0.3 is 10.0 Å². The molecule has 0 amide bonds. The van der Waals surface area contributed by atoms with Crippen LogP contribution in [0.4, 0.5) is 0 Å². The van der Waals surface area contributed by atoms with E-state index in [1.165, 1.54) is 70.8 Å². The molecule has 2 nitrogen and oxygen atoms in total. The molecule has 0 saturated heterocycles. The largest absolute Gasteiger partial charge is 0.393 e. The number of rotatable bonds is 14. The quantitative estimate of drug-likeness (QED) is 0.466. The third-order valence-electron chi connectivity index (χ3n) is 3.82. The van der Waals surface area contributed by atoms with Crippen molar-refractivity contribution in [1.82, 2.24) is 4.90 Å². The van der Waals surface area contributed by atoms with Crippen molar-refractivity contribution in [3.8, 4) is 0 Å². The summed E-state index contributed by atoms with van der Waals surface area (Å²) >= 11 is 0. The molecule has 0 aromatic rings. The number of hydrogen-bond donors (Lipinski definition) is 1. The molecule has 19 heavy (non-hydrogen) atoms. The Morgan fingerprint density at radius 2 is 1.26 bits per heavy atom. The van der Waals surface area contributed by atoms with Crippen molar-refractivity contribution in [2.75, 3.05) is 20.1 Å².